The van der Waals surface area contributed by atoms with Crippen LogP contribution in [0.25, 0.3) is 11.1 Å². The standard InChI is InChI=1S/C34H46FN7O2/c1-21-29(22(2)41-40-21)26-16-17-28(37-32(26)35)38-34(44)31(30(24-12-5-3-6-13-24)25-14-7-4-8-15-25)39-33(43)27-18-19-36-42(27)20-23-10-9-11-23/h16-19,23-25,30-31H,3-15,20H2,1-2H3,(H,39,43)(H,40,41)(H,37,38,44)/t31-/m0/s1. The van der Waals surface area contributed by atoms with Gasteiger partial charge in [-0.15, -0.1) is 0 Å². The first-order chi connectivity index (χ1) is 21.4. The third-order valence-electron chi connectivity index (χ3n) is 10.4. The number of anilines is 1. The number of halogens is 1. The van der Waals surface area contributed by atoms with Gasteiger partial charge >= 0.3 is 0 Å². The fourth-order valence-corrected chi connectivity index (χ4v) is 7.95. The van der Waals surface area contributed by atoms with Crippen LogP contribution in [0.1, 0.15) is 105 Å². The molecule has 1 atom stereocenters. The van der Waals surface area contributed by atoms with Gasteiger partial charge in [-0.1, -0.05) is 70.6 Å². The van der Waals surface area contributed by atoms with Gasteiger partial charge in [0.05, 0.1) is 5.69 Å². The Morgan fingerprint density at radius 1 is 0.955 bits per heavy atom. The quantitative estimate of drug-likeness (QED) is 0.222. The summed E-state index contributed by atoms with van der Waals surface area (Å²) in [6.45, 7) is 4.37. The van der Waals surface area contributed by atoms with Gasteiger partial charge in [0.25, 0.3) is 5.91 Å². The molecule has 236 valence electrons. The summed E-state index contributed by atoms with van der Waals surface area (Å²) in [5, 5.41) is 17.6. The van der Waals surface area contributed by atoms with Gasteiger partial charge in [-0.25, -0.2) is 4.98 Å². The molecule has 0 unspecified atom stereocenters. The molecule has 0 aromatic carbocycles. The van der Waals surface area contributed by atoms with Gasteiger partial charge in [0, 0.05) is 29.6 Å². The van der Waals surface area contributed by atoms with E-state index in [4.69, 9.17) is 0 Å². The minimum Gasteiger partial charge on any atom is -0.339 e. The van der Waals surface area contributed by atoms with Crippen LogP contribution in [0.15, 0.2) is 24.4 Å². The number of aromatic nitrogens is 5. The van der Waals surface area contributed by atoms with Crippen LogP contribution in [0, 0.1) is 43.5 Å². The molecular formula is C34H46FN7O2. The summed E-state index contributed by atoms with van der Waals surface area (Å²) in [6, 6.07) is 4.25. The summed E-state index contributed by atoms with van der Waals surface area (Å²) < 4.78 is 17.2. The van der Waals surface area contributed by atoms with E-state index in [-0.39, 0.29) is 23.6 Å². The van der Waals surface area contributed by atoms with E-state index in [1.807, 2.05) is 13.8 Å². The van der Waals surface area contributed by atoms with E-state index < -0.39 is 12.0 Å². The van der Waals surface area contributed by atoms with Gasteiger partial charge in [-0.3, -0.25) is 19.4 Å². The lowest BCUT2D eigenvalue weighted by Gasteiger charge is -2.42. The molecule has 0 aliphatic heterocycles. The molecule has 3 N–H and O–H groups in total. The van der Waals surface area contributed by atoms with Gasteiger partial charge in [-0.05, 0) is 68.6 Å². The fraction of sp³-hybridized carbons (Fsp3) is 0.618. The van der Waals surface area contributed by atoms with Crippen molar-refractivity contribution in [3.8, 4) is 11.1 Å². The van der Waals surface area contributed by atoms with Crippen LogP contribution in [0.2, 0.25) is 0 Å². The smallest absolute Gasteiger partial charge is 0.270 e. The number of nitrogens with one attached hydrogen (secondary N) is 3. The van der Waals surface area contributed by atoms with E-state index in [9.17, 15) is 9.59 Å². The van der Waals surface area contributed by atoms with Crippen molar-refractivity contribution in [3.05, 3.63) is 47.4 Å². The number of hydrogen-bond acceptors (Lipinski definition) is 5. The maximum Gasteiger partial charge on any atom is 0.270 e. The first kappa shape index (κ1) is 30.5. The number of carbonyl (C=O) groups excluding carboxylic acids is 2. The van der Waals surface area contributed by atoms with Crippen molar-refractivity contribution in [1.82, 2.24) is 30.3 Å². The Morgan fingerprint density at radius 3 is 2.20 bits per heavy atom. The summed E-state index contributed by atoms with van der Waals surface area (Å²) in [5.41, 5.74) is 2.93. The van der Waals surface area contributed by atoms with E-state index in [0.717, 1.165) is 69.9 Å². The van der Waals surface area contributed by atoms with E-state index >= 15 is 4.39 Å². The van der Waals surface area contributed by atoms with E-state index in [1.54, 1.807) is 29.1 Å². The van der Waals surface area contributed by atoms with E-state index in [0.29, 0.717) is 46.8 Å². The second kappa shape index (κ2) is 13.6. The summed E-state index contributed by atoms with van der Waals surface area (Å²) in [7, 11) is 0. The summed E-state index contributed by atoms with van der Waals surface area (Å²) in [4.78, 5) is 32.3. The molecule has 0 spiro atoms. The molecule has 2 amide bonds. The largest absolute Gasteiger partial charge is 0.339 e. The highest BCUT2D eigenvalue weighted by molar-refractivity contribution is 6.00. The highest BCUT2D eigenvalue weighted by Crippen LogP contribution is 2.42. The van der Waals surface area contributed by atoms with Crippen molar-refractivity contribution < 1.29 is 14.0 Å². The van der Waals surface area contributed by atoms with Crippen molar-refractivity contribution in [2.45, 2.75) is 110 Å². The van der Waals surface area contributed by atoms with Crippen LogP contribution in [-0.4, -0.2) is 42.8 Å². The lowest BCUT2D eigenvalue weighted by molar-refractivity contribution is -0.121. The lowest BCUT2D eigenvalue weighted by atomic mass is 9.66. The molecule has 0 radical (unpaired) electrons. The first-order valence-electron chi connectivity index (χ1n) is 16.7. The number of pyridine rings is 1. The molecule has 10 heteroatoms. The molecule has 3 fully saturated rings. The molecule has 3 saturated carbocycles. The van der Waals surface area contributed by atoms with Crippen LogP contribution in [0.4, 0.5) is 10.2 Å². The third-order valence-corrected chi connectivity index (χ3v) is 10.4. The van der Waals surface area contributed by atoms with Crippen molar-refractivity contribution in [1.29, 1.82) is 0 Å². The first-order valence-corrected chi connectivity index (χ1v) is 16.7. The highest BCUT2D eigenvalue weighted by atomic mass is 19.1. The van der Waals surface area contributed by atoms with Crippen LogP contribution in [0.5, 0.6) is 0 Å². The number of aromatic amines is 1. The minimum absolute atomic E-state index is 0.00269. The van der Waals surface area contributed by atoms with Gasteiger partial charge < -0.3 is 10.6 Å². The Kier molecular flexibility index (Phi) is 9.42. The summed E-state index contributed by atoms with van der Waals surface area (Å²) >= 11 is 0. The SMILES string of the molecule is Cc1n[nH]c(C)c1-c1ccc(NC(=O)[C@@H](NC(=O)c2ccnn2CC2CCC2)C(C2CCCCC2)C2CCCCC2)nc1F. The summed E-state index contributed by atoms with van der Waals surface area (Å²) in [5.74, 6) is 0.0873. The second-order valence-corrected chi connectivity index (χ2v) is 13.4. The molecule has 44 heavy (non-hydrogen) atoms. The Balaban J connectivity index is 1.29. The zero-order valence-corrected chi connectivity index (χ0v) is 26.1. The number of nitrogens with zero attached hydrogens (tertiary/aromatic N) is 4. The second-order valence-electron chi connectivity index (χ2n) is 13.4. The zero-order valence-electron chi connectivity index (χ0n) is 26.1. The van der Waals surface area contributed by atoms with Crippen molar-refractivity contribution in [3.63, 3.8) is 0 Å². The lowest BCUT2D eigenvalue weighted by Crippen LogP contribution is -2.53. The normalized spacial score (nSPS) is 19.1. The molecule has 3 aliphatic carbocycles. The Labute approximate surface area is 259 Å². The van der Waals surface area contributed by atoms with E-state index in [1.165, 1.54) is 19.3 Å². The molecule has 3 aromatic heterocycles. The van der Waals surface area contributed by atoms with Crippen molar-refractivity contribution >= 4 is 17.6 Å². The van der Waals surface area contributed by atoms with Gasteiger partial charge in [-0.2, -0.15) is 14.6 Å². The number of aryl methyl sites for hydroxylation is 2. The molecular weight excluding hydrogens is 557 g/mol. The number of H-pyrrole nitrogens is 1. The van der Waals surface area contributed by atoms with E-state index in [2.05, 4.69) is 30.9 Å². The van der Waals surface area contributed by atoms with Gasteiger partial charge in [0.1, 0.15) is 17.6 Å². The topological polar surface area (TPSA) is 118 Å². The predicted octanol–water partition coefficient (Wildman–Crippen LogP) is 6.74. The Bertz CT molecular complexity index is 1410. The van der Waals surface area contributed by atoms with Crippen molar-refractivity contribution in [2.24, 2.45) is 23.7 Å². The van der Waals surface area contributed by atoms with Crippen LogP contribution < -0.4 is 10.6 Å². The van der Waals surface area contributed by atoms with Crippen LogP contribution in [0.3, 0.4) is 0 Å². The Morgan fingerprint density at radius 2 is 1.64 bits per heavy atom. The monoisotopic (exact) mass is 603 g/mol. The zero-order chi connectivity index (χ0) is 30.6. The minimum atomic E-state index is -0.761. The molecule has 3 aromatic rings. The summed E-state index contributed by atoms with van der Waals surface area (Å²) in [6.07, 6.45) is 16.4. The fourth-order valence-electron chi connectivity index (χ4n) is 7.95. The van der Waals surface area contributed by atoms with Crippen LogP contribution >= 0.6 is 0 Å². The molecule has 0 bridgehead atoms. The number of carbonyl (C=O) groups is 2. The van der Waals surface area contributed by atoms with Crippen LogP contribution in [-0.2, 0) is 11.3 Å². The molecule has 6 rings (SSSR count). The average Bonchev–Trinajstić information content (AvgIpc) is 3.61. The number of rotatable bonds is 10. The Hall–Kier alpha value is -3.56. The van der Waals surface area contributed by atoms with Crippen molar-refractivity contribution in [2.75, 3.05) is 5.32 Å². The maximum absolute atomic E-state index is 15.4. The molecule has 0 saturated heterocycles. The highest BCUT2D eigenvalue weighted by Gasteiger charge is 2.41. The molecule has 3 aliphatic rings. The predicted molar refractivity (Wildman–Crippen MR) is 167 cm³/mol. The molecule has 9 nitrogen and oxygen atoms in total. The average molecular weight is 604 g/mol. The number of amides is 2. The number of hydrogen-bond donors (Lipinski definition) is 3. The molecule has 3 heterocycles. The maximum atomic E-state index is 15.4. The third kappa shape index (κ3) is 6.59. The van der Waals surface area contributed by atoms with Gasteiger partial charge in [0.15, 0.2) is 0 Å². The van der Waals surface area contributed by atoms with Gasteiger partial charge in [0.2, 0.25) is 11.9 Å².